The van der Waals surface area contributed by atoms with Gasteiger partial charge in [0.15, 0.2) is 0 Å². The summed E-state index contributed by atoms with van der Waals surface area (Å²) in [4.78, 5) is 14.8. The third kappa shape index (κ3) is 6.21. The van der Waals surface area contributed by atoms with Gasteiger partial charge in [0.2, 0.25) is 0 Å². The Morgan fingerprint density at radius 3 is 2.46 bits per heavy atom. The molecular weight excluding hydrogens is 502 g/mol. The number of fused-ring (bicyclic) bond motifs is 5. The lowest BCUT2D eigenvalue weighted by atomic mass is 9.47. The number of carbonyl (C=O) groups is 1. The summed E-state index contributed by atoms with van der Waals surface area (Å²) < 4.78 is 6.00. The Morgan fingerprint density at radius 1 is 1.00 bits per heavy atom. The van der Waals surface area contributed by atoms with Crippen molar-refractivity contribution in [2.45, 2.75) is 111 Å². The SMILES string of the molecule is CC(C)CCC[C@H](C)[C@H]1CC[C@H]2[C@@H]3CC=C4C[C@H](OC(=O)/C=C/c5ccc(N(C)C)cc5)CC[C@]4(C)[C@H]3CC[C@]12C. The Bertz CT molecular complexity index is 1120. The van der Waals surface area contributed by atoms with Crippen LogP contribution in [0, 0.1) is 46.3 Å². The van der Waals surface area contributed by atoms with Crippen LogP contribution in [0.2, 0.25) is 0 Å². The van der Waals surface area contributed by atoms with Crippen LogP contribution in [0.15, 0.2) is 42.0 Å². The van der Waals surface area contributed by atoms with Crippen molar-refractivity contribution in [3.8, 4) is 0 Å². The molecule has 8 atom stereocenters. The number of nitrogens with zero attached hydrogens (tertiary/aromatic N) is 1. The van der Waals surface area contributed by atoms with E-state index in [0.29, 0.717) is 5.41 Å². The van der Waals surface area contributed by atoms with Crippen molar-refractivity contribution in [2.24, 2.45) is 46.3 Å². The number of benzene rings is 1. The van der Waals surface area contributed by atoms with E-state index >= 15 is 0 Å². The van der Waals surface area contributed by atoms with Crippen molar-refractivity contribution in [1.82, 2.24) is 0 Å². The molecule has 0 aromatic heterocycles. The van der Waals surface area contributed by atoms with Crippen molar-refractivity contribution in [3.63, 3.8) is 0 Å². The fourth-order valence-corrected chi connectivity index (χ4v) is 10.0. The maximum atomic E-state index is 12.7. The highest BCUT2D eigenvalue weighted by molar-refractivity contribution is 5.87. The van der Waals surface area contributed by atoms with E-state index in [4.69, 9.17) is 4.74 Å². The van der Waals surface area contributed by atoms with Gasteiger partial charge >= 0.3 is 5.97 Å². The molecule has 1 aromatic rings. The predicted molar refractivity (Wildman–Crippen MR) is 173 cm³/mol. The zero-order valence-electron chi connectivity index (χ0n) is 27.1. The van der Waals surface area contributed by atoms with Gasteiger partial charge in [-0.25, -0.2) is 4.79 Å². The van der Waals surface area contributed by atoms with Crippen LogP contribution in [0.25, 0.3) is 6.08 Å². The summed E-state index contributed by atoms with van der Waals surface area (Å²) in [5.41, 5.74) is 4.59. The molecule has 4 aliphatic carbocycles. The van der Waals surface area contributed by atoms with Crippen LogP contribution < -0.4 is 4.90 Å². The van der Waals surface area contributed by atoms with Gasteiger partial charge in [0.05, 0.1) is 0 Å². The van der Waals surface area contributed by atoms with Crippen molar-refractivity contribution in [3.05, 3.63) is 47.6 Å². The van der Waals surface area contributed by atoms with Gasteiger partial charge in [0.1, 0.15) is 6.10 Å². The highest BCUT2D eigenvalue weighted by Gasteiger charge is 2.59. The van der Waals surface area contributed by atoms with E-state index < -0.39 is 0 Å². The predicted octanol–water partition coefficient (Wildman–Crippen LogP) is 9.72. The molecule has 0 spiro atoms. The third-order valence-electron chi connectivity index (χ3n) is 12.4. The number of esters is 1. The summed E-state index contributed by atoms with van der Waals surface area (Å²) in [5.74, 6) is 4.93. The van der Waals surface area contributed by atoms with Crippen molar-refractivity contribution in [2.75, 3.05) is 19.0 Å². The molecule has 0 radical (unpaired) electrons. The van der Waals surface area contributed by atoms with E-state index in [-0.39, 0.29) is 17.5 Å². The smallest absolute Gasteiger partial charge is 0.331 e. The lowest BCUT2D eigenvalue weighted by Crippen LogP contribution is -2.51. The first kappa shape index (κ1) is 30.4. The Morgan fingerprint density at radius 2 is 1.76 bits per heavy atom. The number of ether oxygens (including phenoxy) is 1. The second-order valence-electron chi connectivity index (χ2n) is 15.4. The van der Waals surface area contributed by atoms with Gasteiger partial charge in [-0.15, -0.1) is 0 Å². The van der Waals surface area contributed by atoms with Gasteiger partial charge < -0.3 is 9.64 Å². The Hall–Kier alpha value is -2.03. The molecule has 41 heavy (non-hydrogen) atoms. The normalized spacial score (nSPS) is 35.4. The Balaban J connectivity index is 1.19. The second-order valence-corrected chi connectivity index (χ2v) is 15.4. The zero-order valence-corrected chi connectivity index (χ0v) is 27.1. The van der Waals surface area contributed by atoms with Crippen LogP contribution in [-0.4, -0.2) is 26.2 Å². The van der Waals surface area contributed by atoms with Gasteiger partial charge in [-0.3, -0.25) is 0 Å². The van der Waals surface area contributed by atoms with Gasteiger partial charge in [-0.05, 0) is 115 Å². The largest absolute Gasteiger partial charge is 0.459 e. The van der Waals surface area contributed by atoms with Crippen LogP contribution in [0.3, 0.4) is 0 Å². The number of hydrogen-bond acceptors (Lipinski definition) is 3. The molecular formula is C38H57NO2. The van der Waals surface area contributed by atoms with Crippen molar-refractivity contribution in [1.29, 1.82) is 0 Å². The number of allylic oxidation sites excluding steroid dienone is 1. The summed E-state index contributed by atoms with van der Waals surface area (Å²) in [7, 11) is 4.07. The van der Waals surface area contributed by atoms with Crippen LogP contribution >= 0.6 is 0 Å². The molecule has 0 aliphatic heterocycles. The van der Waals surface area contributed by atoms with Crippen molar-refractivity contribution < 1.29 is 9.53 Å². The molecule has 0 amide bonds. The fourth-order valence-electron chi connectivity index (χ4n) is 10.0. The number of carbonyl (C=O) groups excluding carboxylic acids is 1. The summed E-state index contributed by atoms with van der Waals surface area (Å²) in [5, 5.41) is 0. The third-order valence-corrected chi connectivity index (χ3v) is 12.4. The molecule has 3 heteroatoms. The molecule has 5 rings (SSSR count). The molecule has 3 fully saturated rings. The summed E-state index contributed by atoms with van der Waals surface area (Å²) in [6, 6.07) is 8.24. The number of rotatable bonds is 9. The molecule has 3 saturated carbocycles. The monoisotopic (exact) mass is 559 g/mol. The molecule has 1 aromatic carbocycles. The molecule has 4 aliphatic rings. The first-order valence-electron chi connectivity index (χ1n) is 16.9. The van der Waals surface area contributed by atoms with Crippen LogP contribution in [0.1, 0.15) is 111 Å². The molecule has 3 nitrogen and oxygen atoms in total. The first-order valence-corrected chi connectivity index (χ1v) is 16.9. The minimum atomic E-state index is -0.211. The minimum absolute atomic E-state index is 0.00977. The van der Waals surface area contributed by atoms with E-state index in [9.17, 15) is 4.79 Å². The van der Waals surface area contributed by atoms with Gasteiger partial charge in [-0.1, -0.05) is 77.7 Å². The molecule has 0 unspecified atom stereocenters. The van der Waals surface area contributed by atoms with E-state index in [1.54, 1.807) is 11.6 Å². The standard InChI is InChI=1S/C38H57NO2/c1-26(2)9-8-10-27(3)33-18-19-34-32-17-14-29-25-31(21-23-37(29,4)35(32)22-24-38(33,34)5)41-36(40)20-13-28-11-15-30(16-12-28)39(6)7/h11-16,20,26-27,31-35H,8-10,17-19,21-25H2,1-7H3/b20-13+/t27-,31+,32-,33+,34-,35-,37-,38+/m0/s1. The maximum Gasteiger partial charge on any atom is 0.331 e. The van der Waals surface area contributed by atoms with Gasteiger partial charge in [-0.2, -0.15) is 0 Å². The number of anilines is 1. The number of hydrogen-bond donors (Lipinski definition) is 0. The fraction of sp³-hybridized carbons (Fsp3) is 0.711. The van der Waals surface area contributed by atoms with Gasteiger partial charge in [0.25, 0.3) is 0 Å². The molecule has 0 bridgehead atoms. The summed E-state index contributed by atoms with van der Waals surface area (Å²) >= 11 is 0. The highest BCUT2D eigenvalue weighted by Crippen LogP contribution is 2.67. The molecule has 226 valence electrons. The van der Waals surface area contributed by atoms with Crippen LogP contribution in [-0.2, 0) is 9.53 Å². The van der Waals surface area contributed by atoms with E-state index in [2.05, 4.69) is 57.7 Å². The molecule has 0 heterocycles. The lowest BCUT2D eigenvalue weighted by Gasteiger charge is -2.58. The average molecular weight is 560 g/mol. The second kappa shape index (κ2) is 12.3. The van der Waals surface area contributed by atoms with Gasteiger partial charge in [0, 0.05) is 32.3 Å². The molecule has 0 N–H and O–H groups in total. The van der Waals surface area contributed by atoms with E-state index in [1.165, 1.54) is 51.4 Å². The lowest BCUT2D eigenvalue weighted by molar-refractivity contribution is -0.145. The quantitative estimate of drug-likeness (QED) is 0.171. The maximum absolute atomic E-state index is 12.7. The topological polar surface area (TPSA) is 29.5 Å². The average Bonchev–Trinajstić information content (AvgIpc) is 3.29. The highest BCUT2D eigenvalue weighted by atomic mass is 16.5. The van der Waals surface area contributed by atoms with Crippen molar-refractivity contribution >= 4 is 17.7 Å². The Labute approximate surface area is 251 Å². The summed E-state index contributed by atoms with van der Waals surface area (Å²) in [6.45, 7) is 12.6. The first-order chi connectivity index (χ1) is 19.5. The van der Waals surface area contributed by atoms with Crippen LogP contribution in [0.5, 0.6) is 0 Å². The minimum Gasteiger partial charge on any atom is -0.459 e. The van der Waals surface area contributed by atoms with E-state index in [0.717, 1.165) is 66.0 Å². The zero-order chi connectivity index (χ0) is 29.4. The van der Waals surface area contributed by atoms with E-state index in [1.807, 2.05) is 32.3 Å². The molecule has 0 saturated heterocycles. The summed E-state index contributed by atoms with van der Waals surface area (Å²) in [6.07, 6.45) is 20.3. The Kier molecular flexibility index (Phi) is 9.12. The van der Waals surface area contributed by atoms with Crippen LogP contribution in [0.4, 0.5) is 5.69 Å².